The molecule has 2 aliphatic rings. The molecule has 11 heteroatoms. The van der Waals surface area contributed by atoms with E-state index in [4.69, 9.17) is 26.2 Å². The fraction of sp³-hybridized carbons (Fsp3) is 0. The number of nitrogens with zero attached hydrogens (tertiary/aromatic N) is 3. The molecule has 8 nitrogen and oxygen atoms in total. The van der Waals surface area contributed by atoms with Crippen molar-refractivity contribution in [1.82, 2.24) is 5.01 Å². The first-order valence-corrected chi connectivity index (χ1v) is 10.9. The molecular weight excluding hydrogens is 483 g/mol. The van der Waals surface area contributed by atoms with Crippen LogP contribution in [0.2, 0.25) is 5.02 Å². The summed E-state index contributed by atoms with van der Waals surface area (Å²) in [5, 5.41) is 14.9. The van der Waals surface area contributed by atoms with Crippen LogP contribution in [-0.2, 0) is 4.79 Å². The third-order valence-corrected chi connectivity index (χ3v) is 5.95. The third-order valence-electron chi connectivity index (χ3n) is 4.74. The lowest BCUT2D eigenvalue weighted by molar-refractivity contribution is -0.114. The van der Waals surface area contributed by atoms with E-state index < -0.39 is 17.7 Å². The molecule has 0 unspecified atom stereocenters. The Labute approximate surface area is 200 Å². The highest BCUT2D eigenvalue weighted by atomic mass is 35.5. The van der Waals surface area contributed by atoms with Crippen LogP contribution in [0.15, 0.2) is 80.9 Å². The number of thioether (sulfide) groups is 1. The van der Waals surface area contributed by atoms with E-state index in [-0.39, 0.29) is 32.9 Å². The van der Waals surface area contributed by atoms with Crippen molar-refractivity contribution in [2.75, 3.05) is 0 Å². The number of amides is 1. The highest BCUT2D eigenvalue weighted by Gasteiger charge is 2.36. The molecule has 0 bridgehead atoms. The van der Waals surface area contributed by atoms with E-state index in [1.807, 2.05) is 0 Å². The molecule has 1 aromatic heterocycles. The van der Waals surface area contributed by atoms with Crippen LogP contribution in [0.1, 0.15) is 21.7 Å². The molecule has 0 fully saturated rings. The second kappa shape index (κ2) is 8.73. The van der Waals surface area contributed by atoms with Crippen molar-refractivity contribution in [2.24, 2.45) is 10.1 Å². The average Bonchev–Trinajstić information content (AvgIpc) is 3.49. The molecular formula is C23H12ClFN4O4S. The van der Waals surface area contributed by atoms with Gasteiger partial charge in [-0.25, -0.2) is 9.18 Å². The molecule has 2 aliphatic heterocycles. The first kappa shape index (κ1) is 21.8. The Bertz CT molecular complexity index is 1430. The predicted octanol–water partition coefficient (Wildman–Crippen LogP) is 4.96. The number of rotatable bonds is 4. The van der Waals surface area contributed by atoms with Gasteiger partial charge in [0, 0.05) is 0 Å². The zero-order chi connectivity index (χ0) is 23.8. The van der Waals surface area contributed by atoms with Gasteiger partial charge in [0.05, 0.1) is 22.4 Å². The van der Waals surface area contributed by atoms with Gasteiger partial charge in [0.1, 0.15) is 11.6 Å². The number of amidine groups is 2. The molecule has 168 valence electrons. The molecule has 0 radical (unpaired) electrons. The van der Waals surface area contributed by atoms with Gasteiger partial charge in [-0.2, -0.15) is 15.1 Å². The lowest BCUT2D eigenvalue weighted by Gasteiger charge is -2.20. The minimum atomic E-state index is -0.698. The minimum absolute atomic E-state index is 0.0147. The topological polar surface area (TPSA) is 108 Å². The zero-order valence-corrected chi connectivity index (χ0v) is 18.6. The number of ether oxygens (including phenoxy) is 1. The second-order valence-corrected chi connectivity index (χ2v) is 8.35. The van der Waals surface area contributed by atoms with Crippen LogP contribution in [-0.4, -0.2) is 32.9 Å². The summed E-state index contributed by atoms with van der Waals surface area (Å²) in [6.07, 6.45) is 2.96. The molecule has 3 heterocycles. The van der Waals surface area contributed by atoms with Gasteiger partial charge in [-0.15, -0.1) is 0 Å². The standard InChI is InChI=1S/C23H12ClFN4O4S/c24-16-11-12(3-8-17(16)33-22(31)13-4-6-14(25)7-5-13)10-15-19(26)29-23(27-20(15)30)34-21(28-29)18-2-1-9-32-18/h1-11,26H. The number of aliphatic imine (C=N–C) groups is 1. The van der Waals surface area contributed by atoms with Crippen LogP contribution in [0.3, 0.4) is 0 Å². The number of carbonyl (C=O) groups is 2. The van der Waals surface area contributed by atoms with Crippen molar-refractivity contribution in [1.29, 1.82) is 5.41 Å². The fourth-order valence-corrected chi connectivity index (χ4v) is 4.18. The summed E-state index contributed by atoms with van der Waals surface area (Å²) < 4.78 is 23.6. The molecule has 1 amide bonds. The van der Waals surface area contributed by atoms with Gasteiger partial charge in [0.2, 0.25) is 5.17 Å². The van der Waals surface area contributed by atoms with Gasteiger partial charge < -0.3 is 9.15 Å². The molecule has 1 N–H and O–H groups in total. The number of benzene rings is 2. The Balaban J connectivity index is 1.37. The molecule has 0 saturated carbocycles. The SMILES string of the molecule is N=C1C(=Cc2ccc(OC(=O)c3ccc(F)cc3)c(Cl)c2)C(=O)N=C2SC(c3ccco3)=NN12. The van der Waals surface area contributed by atoms with Crippen LogP contribution in [0, 0.1) is 11.2 Å². The largest absolute Gasteiger partial charge is 0.462 e. The molecule has 0 atom stereocenters. The number of fused-ring (bicyclic) bond motifs is 1. The summed E-state index contributed by atoms with van der Waals surface area (Å²) in [4.78, 5) is 28.9. The van der Waals surface area contributed by atoms with Gasteiger partial charge >= 0.3 is 5.97 Å². The summed E-state index contributed by atoms with van der Waals surface area (Å²) >= 11 is 7.39. The number of hydrogen-bond donors (Lipinski definition) is 1. The van der Waals surface area contributed by atoms with Gasteiger partial charge in [-0.1, -0.05) is 17.7 Å². The van der Waals surface area contributed by atoms with E-state index >= 15 is 0 Å². The van der Waals surface area contributed by atoms with E-state index in [0.717, 1.165) is 23.9 Å². The fourth-order valence-electron chi connectivity index (χ4n) is 3.09. The minimum Gasteiger partial charge on any atom is -0.462 e. The Morgan fingerprint density at radius 2 is 2.00 bits per heavy atom. The molecule has 0 saturated heterocycles. The van der Waals surface area contributed by atoms with Gasteiger partial charge in [0.25, 0.3) is 5.91 Å². The quantitative estimate of drug-likeness (QED) is 0.312. The van der Waals surface area contributed by atoms with Gasteiger partial charge in [-0.05, 0) is 71.9 Å². The van der Waals surface area contributed by atoms with Crippen LogP contribution in [0.4, 0.5) is 4.39 Å². The number of hydrazone groups is 1. The van der Waals surface area contributed by atoms with Crippen molar-refractivity contribution < 1.29 is 23.1 Å². The summed E-state index contributed by atoms with van der Waals surface area (Å²) in [5.41, 5.74) is 0.665. The Morgan fingerprint density at radius 1 is 1.21 bits per heavy atom. The van der Waals surface area contributed by atoms with Crippen LogP contribution in [0.25, 0.3) is 6.08 Å². The Morgan fingerprint density at radius 3 is 2.71 bits per heavy atom. The van der Waals surface area contributed by atoms with Crippen molar-refractivity contribution in [3.8, 4) is 5.75 Å². The lowest BCUT2D eigenvalue weighted by Crippen LogP contribution is -2.35. The Kier molecular flexibility index (Phi) is 5.60. The number of furan rings is 1. The van der Waals surface area contributed by atoms with Crippen LogP contribution >= 0.6 is 23.4 Å². The second-order valence-electron chi connectivity index (χ2n) is 6.99. The van der Waals surface area contributed by atoms with Gasteiger partial charge in [-0.3, -0.25) is 10.2 Å². The number of esters is 1. The number of hydrogen-bond acceptors (Lipinski definition) is 7. The highest BCUT2D eigenvalue weighted by molar-refractivity contribution is 8.27. The van der Waals surface area contributed by atoms with Crippen molar-refractivity contribution in [3.05, 3.63) is 94.2 Å². The molecule has 5 rings (SSSR count). The molecule has 0 aliphatic carbocycles. The Hall–Kier alpha value is -4.02. The van der Waals surface area contributed by atoms with Crippen LogP contribution < -0.4 is 4.74 Å². The van der Waals surface area contributed by atoms with Gasteiger partial charge in [0.15, 0.2) is 16.6 Å². The monoisotopic (exact) mass is 494 g/mol. The maximum atomic E-state index is 13.0. The van der Waals surface area contributed by atoms with Crippen molar-refractivity contribution >= 4 is 57.4 Å². The summed E-state index contributed by atoms with van der Waals surface area (Å²) in [6.45, 7) is 0. The molecule has 0 spiro atoms. The maximum absolute atomic E-state index is 13.0. The number of halogens is 2. The van der Waals surface area contributed by atoms with E-state index in [9.17, 15) is 14.0 Å². The lowest BCUT2D eigenvalue weighted by atomic mass is 10.1. The molecule has 3 aromatic rings. The van der Waals surface area contributed by atoms with E-state index in [2.05, 4.69) is 10.1 Å². The zero-order valence-electron chi connectivity index (χ0n) is 17.0. The summed E-state index contributed by atoms with van der Waals surface area (Å²) in [5.74, 6) is -1.32. The average molecular weight is 495 g/mol. The van der Waals surface area contributed by atoms with E-state index in [1.165, 1.54) is 41.6 Å². The smallest absolute Gasteiger partial charge is 0.343 e. The normalized spacial score (nSPS) is 16.4. The first-order valence-electron chi connectivity index (χ1n) is 9.70. The first-order chi connectivity index (χ1) is 16.4. The highest BCUT2D eigenvalue weighted by Crippen LogP contribution is 2.32. The number of carbonyl (C=O) groups excluding carboxylic acids is 2. The van der Waals surface area contributed by atoms with E-state index in [0.29, 0.717) is 16.4 Å². The van der Waals surface area contributed by atoms with Crippen molar-refractivity contribution in [2.45, 2.75) is 0 Å². The predicted molar refractivity (Wildman–Crippen MR) is 126 cm³/mol. The third kappa shape index (κ3) is 4.16. The molecule has 34 heavy (non-hydrogen) atoms. The van der Waals surface area contributed by atoms with Crippen molar-refractivity contribution in [3.63, 3.8) is 0 Å². The summed E-state index contributed by atoms with van der Waals surface area (Å²) in [6, 6.07) is 12.9. The molecule has 2 aromatic carbocycles. The summed E-state index contributed by atoms with van der Waals surface area (Å²) in [7, 11) is 0. The van der Waals surface area contributed by atoms with E-state index in [1.54, 1.807) is 18.2 Å². The number of nitrogens with one attached hydrogen (secondary N) is 1. The maximum Gasteiger partial charge on any atom is 0.343 e. The van der Waals surface area contributed by atoms with Crippen LogP contribution in [0.5, 0.6) is 5.75 Å².